The number of fused-ring (bicyclic) bond motifs is 1. The third-order valence-electron chi connectivity index (χ3n) is 5.80. The van der Waals surface area contributed by atoms with Crippen LogP contribution in [0, 0.1) is 0 Å². The van der Waals surface area contributed by atoms with Crippen LogP contribution in [0.4, 0.5) is 27.4 Å². The van der Waals surface area contributed by atoms with Gasteiger partial charge in [0.1, 0.15) is 5.75 Å². The van der Waals surface area contributed by atoms with Crippen molar-refractivity contribution in [2.75, 3.05) is 56.9 Å². The van der Waals surface area contributed by atoms with E-state index in [1.807, 2.05) is 30.9 Å². The van der Waals surface area contributed by atoms with E-state index in [2.05, 4.69) is 27.2 Å². The van der Waals surface area contributed by atoms with Crippen molar-refractivity contribution in [1.82, 2.24) is 19.4 Å². The van der Waals surface area contributed by atoms with Crippen LogP contribution in [0.25, 0.3) is 22.2 Å². The molecule has 0 aliphatic carbocycles. The van der Waals surface area contributed by atoms with Gasteiger partial charge in [-0.1, -0.05) is 24.7 Å². The summed E-state index contributed by atoms with van der Waals surface area (Å²) in [4.78, 5) is 25.0. The maximum absolute atomic E-state index is 13.7. The number of carbonyl (C=O) groups excluding carboxylic acids is 1. The number of rotatable bonds is 10. The molecule has 0 fully saturated rings. The Hall–Kier alpha value is -4.44. The number of likely N-dealkylation sites (N-methyl/N-ethyl adjacent to an activating group) is 2. The molecule has 2 aromatic carbocycles. The molecular weight excluding hydrogens is 485 g/mol. The van der Waals surface area contributed by atoms with E-state index in [0.717, 1.165) is 0 Å². The summed E-state index contributed by atoms with van der Waals surface area (Å²) in [5.41, 5.74) is 1.84. The van der Waals surface area contributed by atoms with Crippen molar-refractivity contribution in [3.8, 4) is 17.0 Å². The summed E-state index contributed by atoms with van der Waals surface area (Å²) in [5, 5.41) is 5.76. The molecule has 38 heavy (non-hydrogen) atoms. The molecule has 0 aliphatic heterocycles. The van der Waals surface area contributed by atoms with Gasteiger partial charge in [-0.25, -0.2) is 14.4 Å². The smallest absolute Gasteiger partial charge is 0.283 e. The number of aromatic nitrogens is 3. The lowest BCUT2D eigenvalue weighted by Gasteiger charge is -2.26. The average molecular weight is 523 g/mol. The van der Waals surface area contributed by atoms with Crippen molar-refractivity contribution >= 4 is 39.8 Å². The molecule has 2 N–H and O–H groups in total. The molecule has 0 aliphatic rings. The van der Waals surface area contributed by atoms with Gasteiger partial charge in [-0.05, 0) is 32.3 Å². The number of benzene rings is 2. The summed E-state index contributed by atoms with van der Waals surface area (Å²) in [6, 6.07) is 3.44. The number of methoxy groups -OCH3 is 1. The van der Waals surface area contributed by atoms with Crippen LogP contribution in [0.15, 0.2) is 67.1 Å². The number of aryl methyl sites for hydroxylation is 1. The number of hydrogen-bond donors (Lipinski definition) is 2. The van der Waals surface area contributed by atoms with Crippen LogP contribution in [-0.4, -0.2) is 66.7 Å². The SMILES string of the molecule is [2H]c1c([2H])c([2H])c2c(c1[2H])c(-c1ccnc(Nc3cc(NC(=O)C(=C)F)c(N(C)CCN(C)C)cc3OC)n1)c([2H])n2C. The molecule has 4 aromatic rings. The fourth-order valence-electron chi connectivity index (χ4n) is 3.79. The molecule has 10 heteroatoms. The van der Waals surface area contributed by atoms with Gasteiger partial charge in [0.05, 0.1) is 36.7 Å². The van der Waals surface area contributed by atoms with Gasteiger partial charge in [-0.3, -0.25) is 4.79 Å². The van der Waals surface area contributed by atoms with Crippen LogP contribution in [0.1, 0.15) is 6.85 Å². The molecule has 0 saturated heterocycles. The Morgan fingerprint density at radius 1 is 1.21 bits per heavy atom. The first-order valence-electron chi connectivity index (χ1n) is 14.2. The summed E-state index contributed by atoms with van der Waals surface area (Å²) < 4.78 is 62.4. The molecule has 0 radical (unpaired) electrons. The van der Waals surface area contributed by atoms with Crippen molar-refractivity contribution < 1.29 is 20.8 Å². The minimum atomic E-state index is -1.15. The zero-order chi connectivity index (χ0) is 31.7. The predicted octanol–water partition coefficient (Wildman–Crippen LogP) is 4.81. The Kier molecular flexibility index (Phi) is 6.13. The molecule has 2 aromatic heterocycles. The topological polar surface area (TPSA) is 87.6 Å². The number of carbonyl (C=O) groups is 1. The maximum Gasteiger partial charge on any atom is 0.283 e. The van der Waals surface area contributed by atoms with E-state index in [9.17, 15) is 9.18 Å². The quantitative estimate of drug-likeness (QED) is 0.289. The van der Waals surface area contributed by atoms with E-state index in [4.69, 9.17) is 11.6 Å². The number of hydrogen-bond acceptors (Lipinski definition) is 7. The Morgan fingerprint density at radius 2 is 1.97 bits per heavy atom. The van der Waals surface area contributed by atoms with Crippen LogP contribution in [0.2, 0.25) is 0 Å². The zero-order valence-electron chi connectivity index (χ0n) is 26.9. The molecule has 0 spiro atoms. The largest absolute Gasteiger partial charge is 0.494 e. The molecule has 9 nitrogen and oxygen atoms in total. The molecule has 1 amide bonds. The van der Waals surface area contributed by atoms with E-state index >= 15 is 0 Å². The molecule has 0 saturated carbocycles. The van der Waals surface area contributed by atoms with Gasteiger partial charge in [0.15, 0.2) is 5.83 Å². The predicted molar refractivity (Wildman–Crippen MR) is 151 cm³/mol. The van der Waals surface area contributed by atoms with Gasteiger partial charge in [0, 0.05) is 62.1 Å². The number of amides is 1. The highest BCUT2D eigenvalue weighted by molar-refractivity contribution is 6.04. The van der Waals surface area contributed by atoms with E-state index in [0.29, 0.717) is 30.2 Å². The minimum Gasteiger partial charge on any atom is -0.494 e. The third-order valence-corrected chi connectivity index (χ3v) is 5.80. The zero-order valence-corrected chi connectivity index (χ0v) is 21.9. The first kappa shape index (κ1) is 20.6. The van der Waals surface area contributed by atoms with Crippen molar-refractivity contribution in [2.24, 2.45) is 7.05 Å². The summed E-state index contributed by atoms with van der Waals surface area (Å²) in [6.07, 6.45) is 1.39. The summed E-state index contributed by atoms with van der Waals surface area (Å²) >= 11 is 0. The Morgan fingerprint density at radius 3 is 2.68 bits per heavy atom. The van der Waals surface area contributed by atoms with Crippen LogP contribution in [0.3, 0.4) is 0 Å². The standard InChI is InChI=1S/C28H32FN7O2/c1-18(29)27(37)31-22-15-23(26(38-6)16-25(22)35(4)14-13-34(2)3)33-28-30-12-11-21(32-28)20-17-36(5)24-10-8-7-9-19(20)24/h7-12,15-17H,1,13-14H2,2-6H3,(H,31,37)(H,30,32,33)/i7D,8D,9D,10D,17D. The number of para-hydroxylation sites is 1. The van der Waals surface area contributed by atoms with Crippen molar-refractivity contribution in [3.05, 3.63) is 67.1 Å². The minimum absolute atomic E-state index is 0.0502. The Balaban J connectivity index is 1.81. The number of nitrogens with one attached hydrogen (secondary N) is 2. The second-order valence-electron chi connectivity index (χ2n) is 8.81. The van der Waals surface area contributed by atoms with Crippen LogP contribution >= 0.6 is 0 Å². The van der Waals surface area contributed by atoms with Crippen molar-refractivity contribution in [1.29, 1.82) is 0 Å². The lowest BCUT2D eigenvalue weighted by Crippen LogP contribution is -2.29. The fraction of sp³-hybridized carbons (Fsp3) is 0.250. The van der Waals surface area contributed by atoms with E-state index in [-0.39, 0.29) is 52.1 Å². The van der Waals surface area contributed by atoms with E-state index in [1.54, 1.807) is 19.2 Å². The van der Waals surface area contributed by atoms with Crippen molar-refractivity contribution in [2.45, 2.75) is 0 Å². The fourth-order valence-corrected chi connectivity index (χ4v) is 3.79. The number of halogens is 1. The van der Waals surface area contributed by atoms with E-state index < -0.39 is 23.8 Å². The first-order valence-corrected chi connectivity index (χ1v) is 11.7. The second kappa shape index (κ2) is 11.3. The van der Waals surface area contributed by atoms with Gasteiger partial charge >= 0.3 is 0 Å². The third kappa shape index (κ3) is 5.76. The molecule has 198 valence electrons. The average Bonchev–Trinajstić information content (AvgIpc) is 3.23. The Labute approximate surface area is 228 Å². The summed E-state index contributed by atoms with van der Waals surface area (Å²) in [6.45, 7) is 4.38. The van der Waals surface area contributed by atoms with Crippen LogP contribution < -0.4 is 20.3 Å². The van der Waals surface area contributed by atoms with E-state index in [1.165, 1.54) is 23.9 Å². The van der Waals surface area contributed by atoms with Gasteiger partial charge in [0.2, 0.25) is 5.95 Å². The molecule has 0 atom stereocenters. The Bertz CT molecular complexity index is 1750. The molecule has 4 rings (SSSR count). The number of ether oxygens (including phenoxy) is 1. The summed E-state index contributed by atoms with van der Waals surface area (Å²) in [5.74, 6) is -1.70. The molecule has 0 unspecified atom stereocenters. The van der Waals surface area contributed by atoms with Crippen LogP contribution in [0.5, 0.6) is 5.75 Å². The molecule has 0 bridgehead atoms. The first-order chi connectivity index (χ1) is 20.3. The highest BCUT2D eigenvalue weighted by Gasteiger charge is 2.18. The number of anilines is 4. The maximum atomic E-state index is 13.7. The molecule has 2 heterocycles. The highest BCUT2D eigenvalue weighted by Crippen LogP contribution is 2.38. The normalized spacial score (nSPS) is 12.9. The van der Waals surface area contributed by atoms with Gasteiger partial charge in [-0.2, -0.15) is 0 Å². The lowest BCUT2D eigenvalue weighted by atomic mass is 10.1. The second-order valence-corrected chi connectivity index (χ2v) is 8.81. The lowest BCUT2D eigenvalue weighted by molar-refractivity contribution is -0.114. The monoisotopic (exact) mass is 522 g/mol. The van der Waals surface area contributed by atoms with Crippen molar-refractivity contribution in [3.63, 3.8) is 0 Å². The summed E-state index contributed by atoms with van der Waals surface area (Å²) in [7, 11) is 8.72. The van der Waals surface area contributed by atoms with Gasteiger partial charge in [0.25, 0.3) is 5.91 Å². The van der Waals surface area contributed by atoms with Crippen LogP contribution in [-0.2, 0) is 11.8 Å². The highest BCUT2D eigenvalue weighted by atomic mass is 19.1. The van der Waals surface area contributed by atoms with Gasteiger partial charge in [-0.15, -0.1) is 0 Å². The molecular formula is C28H32FN7O2. The number of nitrogens with zero attached hydrogens (tertiary/aromatic N) is 5. The van der Waals surface area contributed by atoms with Gasteiger partial charge < -0.3 is 29.7 Å².